The highest BCUT2D eigenvalue weighted by Crippen LogP contribution is 2.06. The summed E-state index contributed by atoms with van der Waals surface area (Å²) < 4.78 is 10.1. The van der Waals surface area contributed by atoms with Crippen LogP contribution in [-0.4, -0.2) is 54.8 Å². The Hall–Kier alpha value is -1.92. The first-order valence-corrected chi connectivity index (χ1v) is 6.43. The van der Waals surface area contributed by atoms with Crippen molar-refractivity contribution in [2.24, 2.45) is 0 Å². The number of amides is 1. The Morgan fingerprint density at radius 2 is 1.85 bits per heavy atom. The van der Waals surface area contributed by atoms with Gasteiger partial charge in [-0.25, -0.2) is 4.79 Å². The SMILES string of the molecule is O=C(OCC(=O)N1CCOCC1)c1ccc(CO)cc1. The first-order valence-electron chi connectivity index (χ1n) is 6.43. The average Bonchev–Trinajstić information content (AvgIpc) is 2.53. The number of morpholine rings is 1. The zero-order chi connectivity index (χ0) is 14.4. The molecule has 1 fully saturated rings. The molecule has 20 heavy (non-hydrogen) atoms. The van der Waals surface area contributed by atoms with Gasteiger partial charge in [0.1, 0.15) is 0 Å². The number of rotatable bonds is 4. The first-order chi connectivity index (χ1) is 9.70. The lowest BCUT2D eigenvalue weighted by atomic mass is 10.1. The second-order valence-electron chi connectivity index (χ2n) is 4.42. The third-order valence-electron chi connectivity index (χ3n) is 3.06. The van der Waals surface area contributed by atoms with Crippen LogP contribution < -0.4 is 0 Å². The summed E-state index contributed by atoms with van der Waals surface area (Å²) in [4.78, 5) is 25.2. The highest BCUT2D eigenvalue weighted by Gasteiger charge is 2.18. The summed E-state index contributed by atoms with van der Waals surface area (Å²) >= 11 is 0. The quantitative estimate of drug-likeness (QED) is 0.797. The van der Waals surface area contributed by atoms with Gasteiger partial charge in [-0.2, -0.15) is 0 Å². The van der Waals surface area contributed by atoms with Crippen LogP contribution in [0.25, 0.3) is 0 Å². The third kappa shape index (κ3) is 3.79. The van der Waals surface area contributed by atoms with Crippen molar-refractivity contribution in [3.8, 4) is 0 Å². The van der Waals surface area contributed by atoms with Crippen LogP contribution in [0.3, 0.4) is 0 Å². The maximum atomic E-state index is 11.8. The number of carbonyl (C=O) groups excluding carboxylic acids is 2. The van der Waals surface area contributed by atoms with Gasteiger partial charge in [0, 0.05) is 13.1 Å². The van der Waals surface area contributed by atoms with E-state index in [0.29, 0.717) is 37.4 Å². The third-order valence-corrected chi connectivity index (χ3v) is 3.06. The molecule has 2 rings (SSSR count). The Bertz CT molecular complexity index is 465. The minimum absolute atomic E-state index is 0.0785. The van der Waals surface area contributed by atoms with E-state index in [2.05, 4.69) is 0 Å². The average molecular weight is 279 g/mol. The zero-order valence-corrected chi connectivity index (χ0v) is 11.1. The van der Waals surface area contributed by atoms with Crippen LogP contribution in [0.15, 0.2) is 24.3 Å². The number of hydrogen-bond acceptors (Lipinski definition) is 5. The normalized spacial score (nSPS) is 14.9. The molecule has 0 bridgehead atoms. The molecule has 1 aliphatic rings. The monoisotopic (exact) mass is 279 g/mol. The van der Waals surface area contributed by atoms with Gasteiger partial charge in [-0.1, -0.05) is 12.1 Å². The molecule has 0 saturated carbocycles. The number of hydrogen-bond donors (Lipinski definition) is 1. The standard InChI is InChI=1S/C14H17NO5/c16-9-11-1-3-12(4-2-11)14(18)20-10-13(17)15-5-7-19-8-6-15/h1-4,16H,5-10H2. The summed E-state index contributed by atoms with van der Waals surface area (Å²) in [5.74, 6) is -0.760. The summed E-state index contributed by atoms with van der Waals surface area (Å²) in [7, 11) is 0. The molecule has 0 aliphatic carbocycles. The van der Waals surface area contributed by atoms with E-state index in [0.717, 1.165) is 0 Å². The predicted octanol–water partition coefficient (Wildman–Crippen LogP) is 0.194. The topological polar surface area (TPSA) is 76.1 Å². The van der Waals surface area contributed by atoms with Crippen molar-refractivity contribution in [2.75, 3.05) is 32.9 Å². The van der Waals surface area contributed by atoms with Crippen LogP contribution in [-0.2, 0) is 20.9 Å². The molecule has 1 aliphatic heterocycles. The molecule has 0 atom stereocenters. The van der Waals surface area contributed by atoms with E-state index >= 15 is 0 Å². The molecule has 0 aromatic heterocycles. The Balaban J connectivity index is 1.83. The van der Waals surface area contributed by atoms with Gasteiger partial charge in [-0.15, -0.1) is 0 Å². The van der Waals surface area contributed by atoms with Gasteiger partial charge in [0.2, 0.25) is 0 Å². The molecule has 0 radical (unpaired) electrons. The second-order valence-corrected chi connectivity index (χ2v) is 4.42. The Morgan fingerprint density at radius 3 is 2.45 bits per heavy atom. The Labute approximate surface area is 116 Å². The first kappa shape index (κ1) is 14.5. The highest BCUT2D eigenvalue weighted by atomic mass is 16.5. The summed E-state index contributed by atoms with van der Waals surface area (Å²) in [6.07, 6.45) is 0. The number of carbonyl (C=O) groups is 2. The van der Waals surface area contributed by atoms with E-state index in [-0.39, 0.29) is 19.1 Å². The molecule has 1 saturated heterocycles. The summed E-state index contributed by atoms with van der Waals surface area (Å²) in [6.45, 7) is 1.75. The Morgan fingerprint density at radius 1 is 1.20 bits per heavy atom. The van der Waals surface area contributed by atoms with Crippen molar-refractivity contribution in [1.82, 2.24) is 4.90 Å². The molecule has 1 N–H and O–H groups in total. The number of aliphatic hydroxyl groups excluding tert-OH is 1. The molecule has 1 amide bonds. The van der Waals surface area contributed by atoms with Crippen molar-refractivity contribution in [3.05, 3.63) is 35.4 Å². The molecular weight excluding hydrogens is 262 g/mol. The molecule has 0 unspecified atom stereocenters. The van der Waals surface area contributed by atoms with Crippen LogP contribution >= 0.6 is 0 Å². The number of nitrogens with zero attached hydrogens (tertiary/aromatic N) is 1. The molecule has 1 aromatic carbocycles. The molecular formula is C14H17NO5. The smallest absolute Gasteiger partial charge is 0.338 e. The number of aliphatic hydroxyl groups is 1. The predicted molar refractivity (Wildman–Crippen MR) is 70.0 cm³/mol. The molecule has 6 nitrogen and oxygen atoms in total. The van der Waals surface area contributed by atoms with E-state index in [1.165, 1.54) is 0 Å². The second kappa shape index (κ2) is 7.02. The van der Waals surface area contributed by atoms with Crippen molar-refractivity contribution >= 4 is 11.9 Å². The number of ether oxygens (including phenoxy) is 2. The number of benzene rings is 1. The van der Waals surface area contributed by atoms with Gasteiger partial charge in [0.05, 0.1) is 25.4 Å². The lowest BCUT2D eigenvalue weighted by Gasteiger charge is -2.26. The van der Waals surface area contributed by atoms with E-state index in [1.807, 2.05) is 0 Å². The largest absolute Gasteiger partial charge is 0.452 e. The van der Waals surface area contributed by atoms with Crippen molar-refractivity contribution in [2.45, 2.75) is 6.61 Å². The fourth-order valence-corrected chi connectivity index (χ4v) is 1.86. The lowest BCUT2D eigenvalue weighted by molar-refractivity contribution is -0.138. The van der Waals surface area contributed by atoms with Gasteiger partial charge in [-0.05, 0) is 17.7 Å². The summed E-state index contributed by atoms with van der Waals surface area (Å²) in [5.41, 5.74) is 1.07. The Kier molecular flexibility index (Phi) is 5.09. The molecule has 108 valence electrons. The van der Waals surface area contributed by atoms with Crippen LogP contribution in [0, 0.1) is 0 Å². The molecule has 1 aromatic rings. The van der Waals surface area contributed by atoms with Crippen molar-refractivity contribution < 1.29 is 24.2 Å². The molecule has 1 heterocycles. The van der Waals surface area contributed by atoms with Gasteiger partial charge in [0.15, 0.2) is 6.61 Å². The lowest BCUT2D eigenvalue weighted by Crippen LogP contribution is -2.42. The maximum Gasteiger partial charge on any atom is 0.338 e. The minimum atomic E-state index is -0.545. The van der Waals surface area contributed by atoms with E-state index < -0.39 is 5.97 Å². The van der Waals surface area contributed by atoms with Gasteiger partial charge in [-0.3, -0.25) is 4.79 Å². The van der Waals surface area contributed by atoms with E-state index in [9.17, 15) is 9.59 Å². The maximum absolute atomic E-state index is 11.8. The van der Waals surface area contributed by atoms with Gasteiger partial charge in [0.25, 0.3) is 5.91 Å². The summed E-state index contributed by atoms with van der Waals surface area (Å²) in [6, 6.07) is 6.40. The van der Waals surface area contributed by atoms with Gasteiger partial charge >= 0.3 is 5.97 Å². The number of esters is 1. The fraction of sp³-hybridized carbons (Fsp3) is 0.429. The minimum Gasteiger partial charge on any atom is -0.452 e. The highest BCUT2D eigenvalue weighted by molar-refractivity contribution is 5.91. The van der Waals surface area contributed by atoms with Crippen molar-refractivity contribution in [3.63, 3.8) is 0 Å². The van der Waals surface area contributed by atoms with Crippen LogP contribution in [0.2, 0.25) is 0 Å². The van der Waals surface area contributed by atoms with E-state index in [1.54, 1.807) is 29.2 Å². The van der Waals surface area contributed by atoms with Gasteiger partial charge < -0.3 is 19.5 Å². The fourth-order valence-electron chi connectivity index (χ4n) is 1.86. The summed E-state index contributed by atoms with van der Waals surface area (Å²) in [5, 5.41) is 8.91. The van der Waals surface area contributed by atoms with Crippen LogP contribution in [0.1, 0.15) is 15.9 Å². The molecule has 6 heteroatoms. The van der Waals surface area contributed by atoms with Crippen LogP contribution in [0.5, 0.6) is 0 Å². The van der Waals surface area contributed by atoms with E-state index in [4.69, 9.17) is 14.6 Å². The zero-order valence-electron chi connectivity index (χ0n) is 11.1. The van der Waals surface area contributed by atoms with Crippen molar-refractivity contribution in [1.29, 1.82) is 0 Å². The van der Waals surface area contributed by atoms with Crippen LogP contribution in [0.4, 0.5) is 0 Å². The molecule has 0 spiro atoms.